The van der Waals surface area contributed by atoms with Crippen LogP contribution in [0.1, 0.15) is 5.56 Å². The van der Waals surface area contributed by atoms with Crippen molar-refractivity contribution in [3.05, 3.63) is 34.9 Å². The molecule has 98 valence electrons. The number of rotatable bonds is 4. The maximum Gasteiger partial charge on any atom is 0.224 e. The number of ether oxygens (including phenoxy) is 1. The standard InChI is InChI=1S/C13H17ClN2O2/c1-18-12-8-15-7-11(12)16-13(17)6-9-3-2-4-10(14)5-9/h2-5,11-12,15H,6-8H2,1H3,(H,16,17)/t11?,12-/m0/s1. The molecule has 5 heteroatoms. The second-order valence-electron chi connectivity index (χ2n) is 4.41. The summed E-state index contributed by atoms with van der Waals surface area (Å²) in [4.78, 5) is 11.9. The smallest absolute Gasteiger partial charge is 0.224 e. The topological polar surface area (TPSA) is 50.4 Å². The Hall–Kier alpha value is -1.10. The molecule has 0 spiro atoms. The number of benzene rings is 1. The minimum Gasteiger partial charge on any atom is -0.378 e. The summed E-state index contributed by atoms with van der Waals surface area (Å²) in [6.45, 7) is 1.53. The predicted octanol–water partition coefficient (Wildman–Crippen LogP) is 0.986. The van der Waals surface area contributed by atoms with Gasteiger partial charge in [-0.1, -0.05) is 23.7 Å². The van der Waals surface area contributed by atoms with Gasteiger partial charge in [-0.3, -0.25) is 4.79 Å². The van der Waals surface area contributed by atoms with Crippen LogP contribution in [0.4, 0.5) is 0 Å². The molecule has 2 rings (SSSR count). The normalized spacial score (nSPS) is 23.0. The van der Waals surface area contributed by atoms with Gasteiger partial charge in [-0.15, -0.1) is 0 Å². The van der Waals surface area contributed by atoms with E-state index in [1.165, 1.54) is 0 Å². The first-order chi connectivity index (χ1) is 8.69. The minimum absolute atomic E-state index is 0.00647. The van der Waals surface area contributed by atoms with Gasteiger partial charge in [-0.2, -0.15) is 0 Å². The molecular weight excluding hydrogens is 252 g/mol. The van der Waals surface area contributed by atoms with Gasteiger partial charge in [-0.05, 0) is 17.7 Å². The molecule has 0 aromatic heterocycles. The van der Waals surface area contributed by atoms with Crippen LogP contribution < -0.4 is 10.6 Å². The molecular formula is C13H17ClN2O2. The van der Waals surface area contributed by atoms with Gasteiger partial charge in [0.1, 0.15) is 0 Å². The third kappa shape index (κ3) is 3.45. The number of methoxy groups -OCH3 is 1. The van der Waals surface area contributed by atoms with Gasteiger partial charge >= 0.3 is 0 Å². The number of amides is 1. The Balaban J connectivity index is 1.89. The van der Waals surface area contributed by atoms with E-state index in [-0.39, 0.29) is 18.1 Å². The van der Waals surface area contributed by atoms with Crippen molar-refractivity contribution in [2.45, 2.75) is 18.6 Å². The third-order valence-electron chi connectivity index (χ3n) is 3.06. The maximum absolute atomic E-state index is 11.9. The lowest BCUT2D eigenvalue weighted by Gasteiger charge is -2.18. The van der Waals surface area contributed by atoms with E-state index < -0.39 is 0 Å². The SMILES string of the molecule is CO[C@H]1CNCC1NC(=O)Cc1cccc(Cl)c1. The van der Waals surface area contributed by atoms with Crippen molar-refractivity contribution in [1.29, 1.82) is 0 Å². The summed E-state index contributed by atoms with van der Waals surface area (Å²) in [6, 6.07) is 7.39. The van der Waals surface area contributed by atoms with E-state index >= 15 is 0 Å². The van der Waals surface area contributed by atoms with Gasteiger partial charge in [-0.25, -0.2) is 0 Å². The monoisotopic (exact) mass is 268 g/mol. The van der Waals surface area contributed by atoms with Crippen molar-refractivity contribution < 1.29 is 9.53 Å². The van der Waals surface area contributed by atoms with E-state index in [4.69, 9.17) is 16.3 Å². The second-order valence-corrected chi connectivity index (χ2v) is 4.85. The van der Waals surface area contributed by atoms with Crippen molar-refractivity contribution >= 4 is 17.5 Å². The highest BCUT2D eigenvalue weighted by Gasteiger charge is 2.27. The lowest BCUT2D eigenvalue weighted by Crippen LogP contribution is -2.44. The number of nitrogens with one attached hydrogen (secondary N) is 2. The van der Waals surface area contributed by atoms with Crippen LogP contribution in [0.25, 0.3) is 0 Å². The van der Waals surface area contributed by atoms with E-state index in [2.05, 4.69) is 10.6 Å². The van der Waals surface area contributed by atoms with Crippen LogP contribution in [0.15, 0.2) is 24.3 Å². The molecule has 2 atom stereocenters. The van der Waals surface area contributed by atoms with Crippen molar-refractivity contribution in [2.75, 3.05) is 20.2 Å². The van der Waals surface area contributed by atoms with Gasteiger partial charge in [0.25, 0.3) is 0 Å². The van der Waals surface area contributed by atoms with Crippen LogP contribution >= 0.6 is 11.6 Å². The van der Waals surface area contributed by atoms with Crippen molar-refractivity contribution in [2.24, 2.45) is 0 Å². The quantitative estimate of drug-likeness (QED) is 0.856. The molecule has 1 heterocycles. The average molecular weight is 269 g/mol. The van der Waals surface area contributed by atoms with Crippen molar-refractivity contribution in [3.63, 3.8) is 0 Å². The third-order valence-corrected chi connectivity index (χ3v) is 3.30. The molecule has 0 radical (unpaired) electrons. The second kappa shape index (κ2) is 6.18. The summed E-state index contributed by atoms with van der Waals surface area (Å²) in [5.41, 5.74) is 0.917. The summed E-state index contributed by atoms with van der Waals surface area (Å²) in [5, 5.41) is 6.82. The van der Waals surface area contributed by atoms with Gasteiger partial charge in [0, 0.05) is 25.2 Å². The summed E-state index contributed by atoms with van der Waals surface area (Å²) < 4.78 is 5.30. The van der Waals surface area contributed by atoms with Gasteiger partial charge in [0.15, 0.2) is 0 Å². The summed E-state index contributed by atoms with van der Waals surface area (Å²) in [6.07, 6.45) is 0.390. The Morgan fingerprint density at radius 1 is 1.56 bits per heavy atom. The molecule has 2 N–H and O–H groups in total. The first-order valence-electron chi connectivity index (χ1n) is 5.96. The van der Waals surface area contributed by atoms with Gasteiger partial charge in [0.05, 0.1) is 18.6 Å². The Labute approximate surface area is 112 Å². The fourth-order valence-corrected chi connectivity index (χ4v) is 2.35. The Kier molecular flexibility index (Phi) is 4.58. The molecule has 1 amide bonds. The van der Waals surface area contributed by atoms with Crippen LogP contribution in [0.2, 0.25) is 5.02 Å². The molecule has 0 aliphatic carbocycles. The largest absolute Gasteiger partial charge is 0.378 e. The van der Waals surface area contributed by atoms with E-state index in [0.29, 0.717) is 11.4 Å². The minimum atomic E-state index is -0.00647. The summed E-state index contributed by atoms with van der Waals surface area (Å²) in [5.74, 6) is -0.00647. The van der Waals surface area contributed by atoms with Gasteiger partial charge < -0.3 is 15.4 Å². The summed E-state index contributed by atoms with van der Waals surface area (Å²) >= 11 is 5.88. The zero-order chi connectivity index (χ0) is 13.0. The number of carbonyl (C=O) groups is 1. The molecule has 1 saturated heterocycles. The Morgan fingerprint density at radius 3 is 3.11 bits per heavy atom. The molecule has 1 aliphatic rings. The zero-order valence-corrected chi connectivity index (χ0v) is 11.0. The number of hydrogen-bond donors (Lipinski definition) is 2. The molecule has 1 aliphatic heterocycles. The molecule has 0 bridgehead atoms. The molecule has 1 unspecified atom stereocenters. The molecule has 1 fully saturated rings. The van der Waals surface area contributed by atoms with Gasteiger partial charge in [0.2, 0.25) is 5.91 Å². The molecule has 0 saturated carbocycles. The van der Waals surface area contributed by atoms with Crippen LogP contribution in [-0.4, -0.2) is 38.3 Å². The van der Waals surface area contributed by atoms with E-state index in [1.807, 2.05) is 18.2 Å². The highest BCUT2D eigenvalue weighted by molar-refractivity contribution is 6.30. The van der Waals surface area contributed by atoms with E-state index in [0.717, 1.165) is 18.7 Å². The highest BCUT2D eigenvalue weighted by atomic mass is 35.5. The number of hydrogen-bond acceptors (Lipinski definition) is 3. The summed E-state index contributed by atoms with van der Waals surface area (Å²) in [7, 11) is 1.66. The van der Waals surface area contributed by atoms with E-state index in [1.54, 1.807) is 13.2 Å². The van der Waals surface area contributed by atoms with Crippen LogP contribution in [0, 0.1) is 0 Å². The van der Waals surface area contributed by atoms with Crippen LogP contribution in [0.5, 0.6) is 0 Å². The van der Waals surface area contributed by atoms with Crippen LogP contribution in [0.3, 0.4) is 0 Å². The van der Waals surface area contributed by atoms with Crippen molar-refractivity contribution in [1.82, 2.24) is 10.6 Å². The first kappa shape index (κ1) is 13.3. The average Bonchev–Trinajstić information content (AvgIpc) is 2.76. The lowest BCUT2D eigenvalue weighted by molar-refractivity contribution is -0.121. The Morgan fingerprint density at radius 2 is 2.39 bits per heavy atom. The molecule has 1 aromatic carbocycles. The first-order valence-corrected chi connectivity index (χ1v) is 6.34. The Bertz CT molecular complexity index is 425. The lowest BCUT2D eigenvalue weighted by atomic mass is 10.1. The molecule has 4 nitrogen and oxygen atoms in total. The zero-order valence-electron chi connectivity index (χ0n) is 10.3. The fourth-order valence-electron chi connectivity index (χ4n) is 2.14. The van der Waals surface area contributed by atoms with E-state index in [9.17, 15) is 4.79 Å². The number of carbonyl (C=O) groups excluding carboxylic acids is 1. The maximum atomic E-state index is 11.9. The van der Waals surface area contributed by atoms with Crippen LogP contribution in [-0.2, 0) is 16.0 Å². The molecule has 1 aromatic rings. The molecule has 18 heavy (non-hydrogen) atoms. The highest BCUT2D eigenvalue weighted by Crippen LogP contribution is 2.11. The number of halogens is 1. The predicted molar refractivity (Wildman–Crippen MR) is 70.8 cm³/mol. The van der Waals surface area contributed by atoms with Crippen molar-refractivity contribution in [3.8, 4) is 0 Å². The fraction of sp³-hybridized carbons (Fsp3) is 0.462.